The van der Waals surface area contributed by atoms with Gasteiger partial charge in [0.2, 0.25) is 0 Å². The van der Waals surface area contributed by atoms with Gasteiger partial charge in [0.25, 0.3) is 5.91 Å². The third-order valence-corrected chi connectivity index (χ3v) is 2.77. The summed E-state index contributed by atoms with van der Waals surface area (Å²) in [6, 6.07) is 8.59. The van der Waals surface area contributed by atoms with E-state index in [0.29, 0.717) is 30.2 Å². The molecular formula is C15H15N5O2. The Morgan fingerprint density at radius 2 is 2.05 bits per heavy atom. The highest BCUT2D eigenvalue weighted by Gasteiger charge is 2.08. The van der Waals surface area contributed by atoms with Crippen LogP contribution in [-0.2, 0) is 4.74 Å². The van der Waals surface area contributed by atoms with Gasteiger partial charge in [0, 0.05) is 19.3 Å². The summed E-state index contributed by atoms with van der Waals surface area (Å²) in [5.74, 6) is 0.215. The molecule has 0 spiro atoms. The van der Waals surface area contributed by atoms with E-state index in [1.165, 1.54) is 12.4 Å². The maximum absolute atomic E-state index is 12.0. The second-order valence-corrected chi connectivity index (χ2v) is 4.35. The molecule has 0 unspecified atom stereocenters. The van der Waals surface area contributed by atoms with Crippen molar-refractivity contribution in [3.8, 4) is 6.07 Å². The van der Waals surface area contributed by atoms with Crippen LogP contribution in [-0.4, -0.2) is 36.1 Å². The third-order valence-electron chi connectivity index (χ3n) is 2.77. The average Bonchev–Trinajstić information content (AvgIpc) is 2.56. The minimum Gasteiger partial charge on any atom is -0.383 e. The van der Waals surface area contributed by atoms with Gasteiger partial charge in [-0.3, -0.25) is 4.79 Å². The molecule has 7 heteroatoms. The van der Waals surface area contributed by atoms with Gasteiger partial charge in [-0.1, -0.05) is 0 Å². The molecule has 0 fully saturated rings. The Hall–Kier alpha value is -2.98. The summed E-state index contributed by atoms with van der Waals surface area (Å²) in [5, 5.41) is 14.4. The fraction of sp³-hybridized carbons (Fsp3) is 0.200. The monoisotopic (exact) mass is 297 g/mol. The highest BCUT2D eigenvalue weighted by Crippen LogP contribution is 2.10. The molecule has 7 nitrogen and oxygen atoms in total. The minimum absolute atomic E-state index is 0.210. The standard InChI is InChI=1S/C15H15N5O2/c1-22-7-6-17-14-10-18-13(9-19-14)15(21)20-12-4-2-11(8-16)3-5-12/h2-5,9-10H,6-7H2,1H3,(H,17,19)(H,20,21). The average molecular weight is 297 g/mol. The molecule has 0 aliphatic rings. The molecule has 2 N–H and O–H groups in total. The zero-order chi connectivity index (χ0) is 15.8. The number of carbonyl (C=O) groups excluding carboxylic acids is 1. The van der Waals surface area contributed by atoms with E-state index in [-0.39, 0.29) is 11.6 Å². The van der Waals surface area contributed by atoms with Crippen LogP contribution in [0.3, 0.4) is 0 Å². The fourth-order valence-corrected chi connectivity index (χ4v) is 1.64. The van der Waals surface area contributed by atoms with E-state index in [2.05, 4.69) is 20.6 Å². The molecule has 1 amide bonds. The summed E-state index contributed by atoms with van der Waals surface area (Å²) in [7, 11) is 1.62. The molecule has 1 aromatic heterocycles. The van der Waals surface area contributed by atoms with Crippen molar-refractivity contribution in [3.05, 3.63) is 47.9 Å². The summed E-state index contributed by atoms with van der Waals surface area (Å²) in [6.07, 6.45) is 2.89. The molecule has 2 aromatic rings. The zero-order valence-electron chi connectivity index (χ0n) is 12.0. The molecular weight excluding hydrogens is 282 g/mol. The number of carbonyl (C=O) groups is 1. The Morgan fingerprint density at radius 1 is 1.27 bits per heavy atom. The van der Waals surface area contributed by atoms with Gasteiger partial charge < -0.3 is 15.4 Å². The number of amides is 1. The van der Waals surface area contributed by atoms with E-state index in [4.69, 9.17) is 10.00 Å². The van der Waals surface area contributed by atoms with Crippen LogP contribution in [0.25, 0.3) is 0 Å². The second kappa shape index (κ2) is 7.71. The molecule has 1 heterocycles. The number of nitrogens with zero attached hydrogens (tertiary/aromatic N) is 3. The van der Waals surface area contributed by atoms with Gasteiger partial charge in [0.1, 0.15) is 11.5 Å². The predicted octanol–water partition coefficient (Wildman–Crippen LogP) is 1.66. The lowest BCUT2D eigenvalue weighted by Crippen LogP contribution is -2.15. The number of rotatable bonds is 6. The number of aromatic nitrogens is 2. The molecule has 1 aromatic carbocycles. The molecule has 0 saturated carbocycles. The van der Waals surface area contributed by atoms with E-state index in [9.17, 15) is 4.79 Å². The number of methoxy groups -OCH3 is 1. The first-order valence-corrected chi connectivity index (χ1v) is 6.59. The quantitative estimate of drug-likeness (QED) is 0.786. The Kier molecular flexibility index (Phi) is 5.40. The maximum atomic E-state index is 12.0. The van der Waals surface area contributed by atoms with Crippen LogP contribution in [0.2, 0.25) is 0 Å². The van der Waals surface area contributed by atoms with Crippen LogP contribution < -0.4 is 10.6 Å². The van der Waals surface area contributed by atoms with Gasteiger partial charge in [0.15, 0.2) is 0 Å². The number of nitriles is 1. The fourth-order valence-electron chi connectivity index (χ4n) is 1.64. The number of benzene rings is 1. The molecule has 0 atom stereocenters. The number of nitrogens with one attached hydrogen (secondary N) is 2. The topological polar surface area (TPSA) is 99.9 Å². The largest absolute Gasteiger partial charge is 0.383 e. The third kappa shape index (κ3) is 4.26. The second-order valence-electron chi connectivity index (χ2n) is 4.35. The summed E-state index contributed by atoms with van der Waals surface area (Å²) < 4.78 is 4.91. The molecule has 2 rings (SSSR count). The first-order chi connectivity index (χ1) is 10.7. The van der Waals surface area contributed by atoms with Gasteiger partial charge in [-0.2, -0.15) is 5.26 Å². The highest BCUT2D eigenvalue weighted by atomic mass is 16.5. The van der Waals surface area contributed by atoms with E-state index in [0.717, 1.165) is 0 Å². The minimum atomic E-state index is -0.361. The molecule has 0 bridgehead atoms. The lowest BCUT2D eigenvalue weighted by molar-refractivity contribution is 0.102. The van der Waals surface area contributed by atoms with Crippen LogP contribution in [0, 0.1) is 11.3 Å². The van der Waals surface area contributed by atoms with Crippen molar-refractivity contribution in [3.63, 3.8) is 0 Å². The van der Waals surface area contributed by atoms with E-state index < -0.39 is 0 Å². The van der Waals surface area contributed by atoms with Gasteiger partial charge in [0.05, 0.1) is 30.6 Å². The predicted molar refractivity (Wildman–Crippen MR) is 81.5 cm³/mol. The van der Waals surface area contributed by atoms with Crippen molar-refractivity contribution in [2.45, 2.75) is 0 Å². The van der Waals surface area contributed by atoms with Crippen LogP contribution >= 0.6 is 0 Å². The van der Waals surface area contributed by atoms with Gasteiger partial charge in [-0.25, -0.2) is 9.97 Å². The van der Waals surface area contributed by atoms with Crippen molar-refractivity contribution in [2.75, 3.05) is 30.9 Å². The number of hydrogen-bond donors (Lipinski definition) is 2. The maximum Gasteiger partial charge on any atom is 0.275 e. The number of anilines is 2. The van der Waals surface area contributed by atoms with Crippen molar-refractivity contribution < 1.29 is 9.53 Å². The Balaban J connectivity index is 1.95. The first kappa shape index (κ1) is 15.4. The molecule has 0 aliphatic carbocycles. The van der Waals surface area contributed by atoms with E-state index in [1.54, 1.807) is 31.4 Å². The molecule has 22 heavy (non-hydrogen) atoms. The van der Waals surface area contributed by atoms with Crippen LogP contribution in [0.1, 0.15) is 16.1 Å². The molecule has 112 valence electrons. The summed E-state index contributed by atoms with van der Waals surface area (Å²) in [6.45, 7) is 1.17. The lowest BCUT2D eigenvalue weighted by atomic mass is 10.2. The van der Waals surface area contributed by atoms with Crippen molar-refractivity contribution in [1.82, 2.24) is 9.97 Å². The number of ether oxygens (including phenoxy) is 1. The van der Waals surface area contributed by atoms with Crippen molar-refractivity contribution in [1.29, 1.82) is 5.26 Å². The summed E-state index contributed by atoms with van der Waals surface area (Å²) >= 11 is 0. The molecule has 0 radical (unpaired) electrons. The van der Waals surface area contributed by atoms with Gasteiger partial charge >= 0.3 is 0 Å². The zero-order valence-corrected chi connectivity index (χ0v) is 12.0. The Labute approximate surface area is 128 Å². The smallest absolute Gasteiger partial charge is 0.275 e. The van der Waals surface area contributed by atoms with Crippen molar-refractivity contribution in [2.24, 2.45) is 0 Å². The normalized spacial score (nSPS) is 9.82. The van der Waals surface area contributed by atoms with E-state index in [1.807, 2.05) is 6.07 Å². The van der Waals surface area contributed by atoms with Crippen LogP contribution in [0.15, 0.2) is 36.7 Å². The van der Waals surface area contributed by atoms with Crippen LogP contribution in [0.4, 0.5) is 11.5 Å². The van der Waals surface area contributed by atoms with E-state index >= 15 is 0 Å². The van der Waals surface area contributed by atoms with Crippen LogP contribution in [0.5, 0.6) is 0 Å². The SMILES string of the molecule is COCCNc1cnc(C(=O)Nc2ccc(C#N)cc2)cn1. The highest BCUT2D eigenvalue weighted by molar-refractivity contribution is 6.02. The van der Waals surface area contributed by atoms with Gasteiger partial charge in [-0.15, -0.1) is 0 Å². The first-order valence-electron chi connectivity index (χ1n) is 6.59. The number of hydrogen-bond acceptors (Lipinski definition) is 6. The lowest BCUT2D eigenvalue weighted by Gasteiger charge is -2.06. The van der Waals surface area contributed by atoms with Crippen molar-refractivity contribution >= 4 is 17.4 Å². The van der Waals surface area contributed by atoms with Gasteiger partial charge in [-0.05, 0) is 24.3 Å². The molecule has 0 aliphatic heterocycles. The molecule has 0 saturated heterocycles. The Morgan fingerprint density at radius 3 is 2.64 bits per heavy atom. The Bertz CT molecular complexity index is 662. The summed E-state index contributed by atoms with van der Waals surface area (Å²) in [4.78, 5) is 20.2. The summed E-state index contributed by atoms with van der Waals surface area (Å²) in [5.41, 5.74) is 1.33.